The summed E-state index contributed by atoms with van der Waals surface area (Å²) in [5.74, 6) is 0.881. The molecule has 0 bridgehead atoms. The zero-order chi connectivity index (χ0) is 25.6. The molecule has 2 aromatic rings. The van der Waals surface area contributed by atoms with Crippen molar-refractivity contribution in [1.29, 1.82) is 0 Å². The predicted molar refractivity (Wildman–Crippen MR) is 142 cm³/mol. The van der Waals surface area contributed by atoms with Crippen molar-refractivity contribution in [2.75, 3.05) is 0 Å². The first-order chi connectivity index (χ1) is 14.6. The maximum absolute atomic E-state index is 10.9. The van der Waals surface area contributed by atoms with E-state index < -0.39 is 8.17 Å². The van der Waals surface area contributed by atoms with Crippen molar-refractivity contribution in [3.05, 3.63) is 58.7 Å². The molecule has 0 spiro atoms. The molecule has 0 unspecified atom stereocenters. The fourth-order valence-electron chi connectivity index (χ4n) is 3.65. The average Bonchev–Trinajstić information content (AvgIpc) is 2.57. The Balaban J connectivity index is 2.47. The van der Waals surface area contributed by atoms with Gasteiger partial charge in [-0.05, 0) is 0 Å². The van der Waals surface area contributed by atoms with E-state index in [1.807, 2.05) is 24.3 Å². The molecule has 2 rings (SSSR count). The van der Waals surface area contributed by atoms with Crippen LogP contribution >= 0.6 is 8.17 Å². The molecule has 2 aromatic carbocycles. The van der Waals surface area contributed by atoms with E-state index in [-0.39, 0.29) is 21.7 Å². The van der Waals surface area contributed by atoms with Crippen LogP contribution in [0, 0.1) is 0 Å². The molecule has 0 radical (unpaired) electrons. The molecule has 0 fully saturated rings. The van der Waals surface area contributed by atoms with Crippen LogP contribution in [0.15, 0.2) is 36.4 Å². The Hall–Kier alpha value is -1.61. The van der Waals surface area contributed by atoms with E-state index in [1.165, 1.54) is 0 Å². The van der Waals surface area contributed by atoms with Crippen LogP contribution in [0.25, 0.3) is 0 Å². The summed E-state index contributed by atoms with van der Waals surface area (Å²) in [6.07, 6.45) is 0. The van der Waals surface area contributed by atoms with Gasteiger partial charge in [-0.3, -0.25) is 0 Å². The van der Waals surface area contributed by atoms with Gasteiger partial charge < -0.3 is 0 Å². The molecule has 0 saturated carbocycles. The predicted octanol–water partition coefficient (Wildman–Crippen LogP) is 7.73. The Morgan fingerprint density at radius 3 is 1.06 bits per heavy atom. The van der Waals surface area contributed by atoms with Gasteiger partial charge in [-0.15, -0.1) is 0 Å². The molecule has 2 N–H and O–H groups in total. The van der Waals surface area contributed by atoms with Crippen molar-refractivity contribution < 1.29 is 18.8 Å². The SMILES string of the molecule is CC(C)(C)c1ccc(O[PH](O)(O)Oc2ccc(C(C)(C)C)cc2C(C)(C)C)c(C(C)(C)C)c1. The fourth-order valence-corrected chi connectivity index (χ4v) is 4.62. The quantitative estimate of drug-likeness (QED) is 0.443. The summed E-state index contributed by atoms with van der Waals surface area (Å²) in [6, 6.07) is 11.8. The second-order valence-electron chi connectivity index (χ2n) is 13.2. The van der Waals surface area contributed by atoms with Crippen LogP contribution in [-0.4, -0.2) is 9.79 Å². The zero-order valence-electron chi connectivity index (χ0n) is 22.7. The normalized spacial score (nSPS) is 14.2. The Morgan fingerprint density at radius 1 is 0.515 bits per heavy atom. The monoisotopic (exact) mass is 476 g/mol. The van der Waals surface area contributed by atoms with E-state index in [0.717, 1.165) is 22.3 Å². The van der Waals surface area contributed by atoms with Crippen LogP contribution in [-0.2, 0) is 21.7 Å². The van der Waals surface area contributed by atoms with Crippen LogP contribution in [0.5, 0.6) is 11.5 Å². The van der Waals surface area contributed by atoms with E-state index in [9.17, 15) is 9.79 Å². The molecule has 0 heterocycles. The molecule has 5 heteroatoms. The minimum absolute atomic E-state index is 0.0294. The summed E-state index contributed by atoms with van der Waals surface area (Å²) in [4.78, 5) is 21.8. The molecular formula is C28H45O4P. The van der Waals surface area contributed by atoms with Crippen LogP contribution in [0.2, 0.25) is 0 Å². The summed E-state index contributed by atoms with van der Waals surface area (Å²) in [6.45, 7) is 25.5. The Labute approximate surface area is 202 Å². The van der Waals surface area contributed by atoms with E-state index in [4.69, 9.17) is 9.05 Å². The third-order valence-corrected chi connectivity index (χ3v) is 6.76. The Morgan fingerprint density at radius 2 is 0.818 bits per heavy atom. The van der Waals surface area contributed by atoms with Crippen molar-refractivity contribution in [2.45, 2.75) is 105 Å². The molecule has 0 atom stereocenters. The van der Waals surface area contributed by atoms with Gasteiger partial charge in [0, 0.05) is 0 Å². The van der Waals surface area contributed by atoms with Gasteiger partial charge in [0.05, 0.1) is 0 Å². The van der Waals surface area contributed by atoms with Gasteiger partial charge in [-0.1, -0.05) is 0 Å². The van der Waals surface area contributed by atoms with Crippen molar-refractivity contribution in [1.82, 2.24) is 0 Å². The molecule has 0 aliphatic rings. The van der Waals surface area contributed by atoms with E-state index in [0.29, 0.717) is 11.5 Å². The topological polar surface area (TPSA) is 58.9 Å². The van der Waals surface area contributed by atoms with Gasteiger partial charge in [0.25, 0.3) is 0 Å². The van der Waals surface area contributed by atoms with Crippen LogP contribution < -0.4 is 9.05 Å². The molecule has 186 valence electrons. The first-order valence-corrected chi connectivity index (χ1v) is 13.5. The first-order valence-electron chi connectivity index (χ1n) is 11.7. The summed E-state index contributed by atoms with van der Waals surface area (Å²) < 4.78 is 11.6. The Kier molecular flexibility index (Phi) is 7.43. The van der Waals surface area contributed by atoms with Gasteiger partial charge in [0.15, 0.2) is 0 Å². The summed E-state index contributed by atoms with van der Waals surface area (Å²) in [7, 11) is -4.53. The molecule has 33 heavy (non-hydrogen) atoms. The van der Waals surface area contributed by atoms with Crippen LogP contribution in [0.4, 0.5) is 0 Å². The Bertz CT molecular complexity index is 901. The standard InChI is InChI=1S/C28H45O4P/c1-25(2,3)19-13-15-23(21(17-19)27(7,8)9)31-33(29,30)32-24-16-14-20(26(4,5)6)18-22(24)28(10,11)12/h13-18,29-30,33H,1-12H3. The fraction of sp³-hybridized carbons (Fsp3) is 0.571. The second kappa shape index (κ2) is 8.87. The third-order valence-electron chi connectivity index (χ3n) is 5.79. The second-order valence-corrected chi connectivity index (χ2v) is 14.7. The number of hydrogen-bond acceptors (Lipinski definition) is 4. The van der Waals surface area contributed by atoms with Gasteiger partial charge in [0.1, 0.15) is 0 Å². The van der Waals surface area contributed by atoms with Gasteiger partial charge in [-0.25, -0.2) is 0 Å². The molecular weight excluding hydrogens is 431 g/mol. The van der Waals surface area contributed by atoms with E-state index >= 15 is 0 Å². The van der Waals surface area contributed by atoms with E-state index in [2.05, 4.69) is 95.2 Å². The van der Waals surface area contributed by atoms with Gasteiger partial charge in [-0.2, -0.15) is 0 Å². The van der Waals surface area contributed by atoms with Gasteiger partial charge in [0.2, 0.25) is 0 Å². The molecule has 0 aliphatic heterocycles. The molecule has 4 nitrogen and oxygen atoms in total. The molecule has 0 saturated heterocycles. The van der Waals surface area contributed by atoms with Crippen molar-refractivity contribution in [3.8, 4) is 11.5 Å². The van der Waals surface area contributed by atoms with Crippen LogP contribution in [0.3, 0.4) is 0 Å². The average molecular weight is 477 g/mol. The number of hydrogen-bond donors (Lipinski definition) is 2. The van der Waals surface area contributed by atoms with E-state index in [1.54, 1.807) is 0 Å². The van der Waals surface area contributed by atoms with Crippen molar-refractivity contribution in [2.24, 2.45) is 0 Å². The molecule has 0 amide bonds. The third kappa shape index (κ3) is 7.18. The van der Waals surface area contributed by atoms with Gasteiger partial charge >= 0.3 is 202 Å². The minimum atomic E-state index is -4.53. The maximum atomic E-state index is 10.9. The summed E-state index contributed by atoms with van der Waals surface area (Å²) in [5.41, 5.74) is 3.61. The summed E-state index contributed by atoms with van der Waals surface area (Å²) >= 11 is 0. The molecule has 0 aliphatic carbocycles. The van der Waals surface area contributed by atoms with Crippen LogP contribution in [0.1, 0.15) is 105 Å². The number of benzene rings is 2. The first kappa shape index (κ1) is 27.6. The molecule has 0 aromatic heterocycles. The van der Waals surface area contributed by atoms with Crippen molar-refractivity contribution in [3.63, 3.8) is 0 Å². The zero-order valence-corrected chi connectivity index (χ0v) is 23.7. The summed E-state index contributed by atoms with van der Waals surface area (Å²) in [5, 5.41) is 0. The number of rotatable bonds is 4. The van der Waals surface area contributed by atoms with Crippen molar-refractivity contribution >= 4 is 8.17 Å².